The standard InChI is InChI=1S/C63H126O4/c1-4-7-10-13-16-19-22-25-28-31-34-37-40-43-46-49-52-55-58-65-60-62(66-59-56-53-50-47-44-41-38-35-32-29-26-23-20-17-14-11-8-5-2)61-67-63(64)57-54-51-48-45-42-39-36-33-30-27-24-21-18-15-12-9-6-3/h62H,4-61H2,1-3H3/t62-/m0/s1. The smallest absolute Gasteiger partial charge is 0.305 e. The highest BCUT2D eigenvalue weighted by molar-refractivity contribution is 5.69. The molecule has 0 N–H and O–H groups in total. The number of hydrogen-bond donors (Lipinski definition) is 0. The summed E-state index contributed by atoms with van der Waals surface area (Å²) < 4.78 is 18.2. The second-order valence-corrected chi connectivity index (χ2v) is 21.7. The molecule has 0 radical (unpaired) electrons. The van der Waals surface area contributed by atoms with Gasteiger partial charge in [-0.05, 0) is 19.3 Å². The van der Waals surface area contributed by atoms with Crippen LogP contribution in [0.3, 0.4) is 0 Å². The Labute approximate surface area is 423 Å². The molecule has 0 saturated heterocycles. The van der Waals surface area contributed by atoms with Crippen LogP contribution in [0.4, 0.5) is 0 Å². The molecule has 0 aromatic heterocycles. The van der Waals surface area contributed by atoms with Crippen LogP contribution in [0.5, 0.6) is 0 Å². The van der Waals surface area contributed by atoms with Gasteiger partial charge in [-0.1, -0.05) is 342 Å². The van der Waals surface area contributed by atoms with Crippen molar-refractivity contribution in [3.63, 3.8) is 0 Å². The Morgan fingerprint density at radius 1 is 0.269 bits per heavy atom. The molecular weight excluding hydrogens is 821 g/mol. The number of carbonyl (C=O) groups excluding carboxylic acids is 1. The molecule has 1 atom stereocenters. The van der Waals surface area contributed by atoms with E-state index in [9.17, 15) is 4.79 Å². The van der Waals surface area contributed by atoms with Crippen LogP contribution in [-0.4, -0.2) is 38.5 Å². The topological polar surface area (TPSA) is 44.8 Å². The maximum atomic E-state index is 12.7. The van der Waals surface area contributed by atoms with Crippen LogP contribution in [-0.2, 0) is 19.0 Å². The van der Waals surface area contributed by atoms with Gasteiger partial charge in [0.15, 0.2) is 0 Å². The van der Waals surface area contributed by atoms with E-state index in [4.69, 9.17) is 14.2 Å². The third kappa shape index (κ3) is 59.6. The first-order chi connectivity index (χ1) is 33.2. The third-order valence-electron chi connectivity index (χ3n) is 14.7. The van der Waals surface area contributed by atoms with Gasteiger partial charge >= 0.3 is 5.97 Å². The Bertz CT molecular complexity index is 876. The van der Waals surface area contributed by atoms with Crippen molar-refractivity contribution in [3.8, 4) is 0 Å². The summed E-state index contributed by atoms with van der Waals surface area (Å²) in [7, 11) is 0. The van der Waals surface area contributed by atoms with Gasteiger partial charge in [0.05, 0.1) is 6.61 Å². The van der Waals surface area contributed by atoms with E-state index >= 15 is 0 Å². The third-order valence-corrected chi connectivity index (χ3v) is 14.7. The van der Waals surface area contributed by atoms with Crippen molar-refractivity contribution in [2.24, 2.45) is 0 Å². The highest BCUT2D eigenvalue weighted by Gasteiger charge is 2.14. The number of rotatable bonds is 61. The van der Waals surface area contributed by atoms with E-state index in [1.54, 1.807) is 0 Å². The first-order valence-electron chi connectivity index (χ1n) is 31.6. The first-order valence-corrected chi connectivity index (χ1v) is 31.6. The van der Waals surface area contributed by atoms with Crippen molar-refractivity contribution in [1.29, 1.82) is 0 Å². The Balaban J connectivity index is 4.07. The quantitative estimate of drug-likeness (QED) is 0.0450. The Morgan fingerprint density at radius 3 is 0.761 bits per heavy atom. The zero-order valence-corrected chi connectivity index (χ0v) is 46.7. The monoisotopic (exact) mass is 947 g/mol. The summed E-state index contributed by atoms with van der Waals surface area (Å²) in [5, 5.41) is 0. The summed E-state index contributed by atoms with van der Waals surface area (Å²) in [6, 6.07) is 0. The number of hydrogen-bond acceptors (Lipinski definition) is 4. The lowest BCUT2D eigenvalue weighted by atomic mass is 10.0. The maximum absolute atomic E-state index is 12.7. The summed E-state index contributed by atoms with van der Waals surface area (Å²) in [6.07, 6.45) is 73.4. The average molecular weight is 948 g/mol. The first kappa shape index (κ1) is 66.4. The van der Waals surface area contributed by atoms with E-state index in [0.29, 0.717) is 19.6 Å². The Hall–Kier alpha value is -0.610. The van der Waals surface area contributed by atoms with Crippen molar-refractivity contribution in [2.45, 2.75) is 374 Å². The Kier molecular flexibility index (Phi) is 60.9. The normalized spacial score (nSPS) is 12.1. The van der Waals surface area contributed by atoms with Crippen LogP contribution in [0, 0.1) is 0 Å². The second-order valence-electron chi connectivity index (χ2n) is 21.7. The van der Waals surface area contributed by atoms with Crippen LogP contribution < -0.4 is 0 Å². The fourth-order valence-corrected chi connectivity index (χ4v) is 9.97. The van der Waals surface area contributed by atoms with E-state index in [-0.39, 0.29) is 12.1 Å². The molecule has 0 aromatic rings. The van der Waals surface area contributed by atoms with E-state index in [2.05, 4.69) is 20.8 Å². The molecule has 0 fully saturated rings. The van der Waals surface area contributed by atoms with Gasteiger partial charge in [-0.25, -0.2) is 0 Å². The predicted octanol–water partition coefficient (Wildman–Crippen LogP) is 22.1. The summed E-state index contributed by atoms with van der Waals surface area (Å²) in [5.41, 5.74) is 0. The van der Waals surface area contributed by atoms with Crippen LogP contribution in [0.25, 0.3) is 0 Å². The zero-order valence-electron chi connectivity index (χ0n) is 46.7. The molecule has 0 aliphatic rings. The lowest BCUT2D eigenvalue weighted by Gasteiger charge is -2.18. The molecule has 0 amide bonds. The minimum Gasteiger partial charge on any atom is -0.463 e. The molecule has 67 heavy (non-hydrogen) atoms. The average Bonchev–Trinajstić information content (AvgIpc) is 3.33. The van der Waals surface area contributed by atoms with Gasteiger partial charge in [0, 0.05) is 19.6 Å². The minimum absolute atomic E-state index is 0.0637. The molecule has 0 heterocycles. The van der Waals surface area contributed by atoms with Crippen LogP contribution in [0.1, 0.15) is 367 Å². The van der Waals surface area contributed by atoms with Gasteiger partial charge in [-0.3, -0.25) is 4.79 Å². The lowest BCUT2D eigenvalue weighted by molar-refractivity contribution is -0.150. The molecule has 0 rings (SSSR count). The second kappa shape index (κ2) is 61.5. The number of unbranched alkanes of at least 4 members (excludes halogenated alkanes) is 50. The molecule has 4 heteroatoms. The summed E-state index contributed by atoms with van der Waals surface area (Å²) in [4.78, 5) is 12.7. The Morgan fingerprint density at radius 2 is 0.493 bits per heavy atom. The molecule has 0 spiro atoms. The molecule has 0 bridgehead atoms. The van der Waals surface area contributed by atoms with Gasteiger partial charge < -0.3 is 14.2 Å². The van der Waals surface area contributed by atoms with Crippen molar-refractivity contribution in [2.75, 3.05) is 26.4 Å². The largest absolute Gasteiger partial charge is 0.463 e. The molecule has 0 aliphatic carbocycles. The van der Waals surface area contributed by atoms with Crippen molar-refractivity contribution in [3.05, 3.63) is 0 Å². The molecular formula is C63H126O4. The number of esters is 1. The molecule has 0 aliphatic heterocycles. The number of carbonyl (C=O) groups is 1. The molecule has 0 saturated carbocycles. The fraction of sp³-hybridized carbons (Fsp3) is 0.984. The van der Waals surface area contributed by atoms with Gasteiger partial charge in [0.1, 0.15) is 12.7 Å². The van der Waals surface area contributed by atoms with Crippen LogP contribution in [0.15, 0.2) is 0 Å². The van der Waals surface area contributed by atoms with Crippen LogP contribution >= 0.6 is 0 Å². The highest BCUT2D eigenvalue weighted by Crippen LogP contribution is 2.18. The molecule has 4 nitrogen and oxygen atoms in total. The lowest BCUT2D eigenvalue weighted by Crippen LogP contribution is -2.28. The van der Waals surface area contributed by atoms with E-state index < -0.39 is 0 Å². The minimum atomic E-state index is -0.152. The highest BCUT2D eigenvalue weighted by atomic mass is 16.6. The van der Waals surface area contributed by atoms with Gasteiger partial charge in [-0.2, -0.15) is 0 Å². The van der Waals surface area contributed by atoms with Gasteiger partial charge in [-0.15, -0.1) is 0 Å². The van der Waals surface area contributed by atoms with Gasteiger partial charge in [0.25, 0.3) is 0 Å². The fourth-order valence-electron chi connectivity index (χ4n) is 9.97. The maximum Gasteiger partial charge on any atom is 0.305 e. The zero-order chi connectivity index (χ0) is 48.3. The van der Waals surface area contributed by atoms with Crippen LogP contribution in [0.2, 0.25) is 0 Å². The molecule has 0 unspecified atom stereocenters. The van der Waals surface area contributed by atoms with Crippen molar-refractivity contribution in [1.82, 2.24) is 0 Å². The van der Waals surface area contributed by atoms with E-state index in [1.807, 2.05) is 0 Å². The predicted molar refractivity (Wildman–Crippen MR) is 298 cm³/mol. The van der Waals surface area contributed by atoms with Crippen molar-refractivity contribution < 1.29 is 19.0 Å². The summed E-state index contributed by atoms with van der Waals surface area (Å²) in [6.45, 7) is 9.29. The van der Waals surface area contributed by atoms with Gasteiger partial charge in [0.2, 0.25) is 0 Å². The summed E-state index contributed by atoms with van der Waals surface area (Å²) in [5.74, 6) is -0.0637. The summed E-state index contributed by atoms with van der Waals surface area (Å²) >= 11 is 0. The van der Waals surface area contributed by atoms with Crippen molar-refractivity contribution >= 4 is 5.97 Å². The number of ether oxygens (including phenoxy) is 3. The molecule has 402 valence electrons. The van der Waals surface area contributed by atoms with E-state index in [0.717, 1.165) is 38.9 Å². The van der Waals surface area contributed by atoms with E-state index in [1.165, 1.54) is 315 Å². The molecule has 0 aromatic carbocycles. The SMILES string of the molecule is CCCCCCCCCCCCCCCCCCCCOC[C@@H](COC(=O)CCCCCCCCCCCCCCCCCCC)OCCCCCCCCCCCCCCCCCCCC.